The van der Waals surface area contributed by atoms with E-state index < -0.39 is 0 Å². The monoisotopic (exact) mass is 256 g/mol. The second-order valence-electron chi connectivity index (χ2n) is 4.28. The van der Waals surface area contributed by atoms with Crippen molar-refractivity contribution in [1.29, 1.82) is 0 Å². The van der Waals surface area contributed by atoms with Crippen LogP contribution in [-0.2, 0) is 4.79 Å². The van der Waals surface area contributed by atoms with Gasteiger partial charge in [-0.15, -0.1) is 6.42 Å². The Hall–Kier alpha value is -2.25. The van der Waals surface area contributed by atoms with Gasteiger partial charge in [-0.1, -0.05) is 24.1 Å². The van der Waals surface area contributed by atoms with Crippen molar-refractivity contribution in [2.75, 3.05) is 13.1 Å². The van der Waals surface area contributed by atoms with E-state index in [0.717, 1.165) is 16.7 Å². The van der Waals surface area contributed by atoms with Crippen LogP contribution in [0.2, 0.25) is 0 Å². The molecule has 0 radical (unpaired) electrons. The predicted molar refractivity (Wildman–Crippen MR) is 74.5 cm³/mol. The number of furan rings is 1. The first kappa shape index (κ1) is 13.2. The first-order valence-corrected chi connectivity index (χ1v) is 6.12. The fourth-order valence-corrected chi connectivity index (χ4v) is 1.83. The zero-order chi connectivity index (χ0) is 13.7. The van der Waals surface area contributed by atoms with Crippen LogP contribution in [0.4, 0.5) is 0 Å². The maximum absolute atomic E-state index is 11.6. The van der Waals surface area contributed by atoms with Gasteiger partial charge in [0.1, 0.15) is 11.3 Å². The maximum Gasteiger partial charge on any atom is 0.234 e. The third kappa shape index (κ3) is 3.36. The lowest BCUT2D eigenvalue weighted by Gasteiger charge is -2.11. The van der Waals surface area contributed by atoms with E-state index in [-0.39, 0.29) is 18.5 Å². The maximum atomic E-state index is 11.6. The summed E-state index contributed by atoms with van der Waals surface area (Å²) in [4.78, 5) is 11.6. The summed E-state index contributed by atoms with van der Waals surface area (Å²) in [5, 5.41) is 6.72. The Bertz CT molecular complexity index is 577. The summed E-state index contributed by atoms with van der Waals surface area (Å²) in [6.07, 6.45) is 5.09. The van der Waals surface area contributed by atoms with Crippen LogP contribution >= 0.6 is 0 Å². The Labute approximate surface area is 112 Å². The van der Waals surface area contributed by atoms with Crippen molar-refractivity contribution >= 4 is 16.9 Å². The Balaban J connectivity index is 1.97. The van der Waals surface area contributed by atoms with E-state index in [1.165, 1.54) is 0 Å². The largest absolute Gasteiger partial charge is 0.459 e. The van der Waals surface area contributed by atoms with Crippen molar-refractivity contribution in [3.8, 4) is 12.3 Å². The highest BCUT2D eigenvalue weighted by molar-refractivity contribution is 5.80. The zero-order valence-electron chi connectivity index (χ0n) is 10.8. The summed E-state index contributed by atoms with van der Waals surface area (Å²) in [5.41, 5.74) is 0.823. The third-order valence-corrected chi connectivity index (χ3v) is 2.76. The topological polar surface area (TPSA) is 54.3 Å². The van der Waals surface area contributed by atoms with E-state index in [4.69, 9.17) is 10.8 Å². The second kappa shape index (κ2) is 6.07. The van der Waals surface area contributed by atoms with E-state index in [1.807, 2.05) is 37.3 Å². The number of amides is 1. The SMILES string of the molecule is C#CCNCC(=O)NC(C)c1cc2ccccc2o1. The fraction of sp³-hybridized carbons (Fsp3) is 0.267. The fourth-order valence-electron chi connectivity index (χ4n) is 1.83. The highest BCUT2D eigenvalue weighted by Gasteiger charge is 2.13. The van der Waals surface area contributed by atoms with E-state index in [2.05, 4.69) is 16.6 Å². The van der Waals surface area contributed by atoms with Crippen molar-refractivity contribution in [3.63, 3.8) is 0 Å². The van der Waals surface area contributed by atoms with E-state index in [0.29, 0.717) is 6.54 Å². The molecule has 0 bridgehead atoms. The molecule has 0 spiro atoms. The quantitative estimate of drug-likeness (QED) is 0.634. The molecular weight excluding hydrogens is 240 g/mol. The van der Waals surface area contributed by atoms with E-state index >= 15 is 0 Å². The van der Waals surface area contributed by atoms with Crippen LogP contribution in [0.15, 0.2) is 34.7 Å². The minimum atomic E-state index is -0.174. The van der Waals surface area contributed by atoms with Crippen LogP contribution in [0.3, 0.4) is 0 Å². The van der Waals surface area contributed by atoms with Gasteiger partial charge in [-0.25, -0.2) is 0 Å². The molecule has 4 nitrogen and oxygen atoms in total. The Kier molecular flexibility index (Phi) is 4.22. The van der Waals surface area contributed by atoms with Gasteiger partial charge < -0.3 is 9.73 Å². The van der Waals surface area contributed by atoms with Crippen LogP contribution in [-0.4, -0.2) is 19.0 Å². The summed E-state index contributed by atoms with van der Waals surface area (Å²) >= 11 is 0. The predicted octanol–water partition coefficient (Wildman–Crippen LogP) is 1.83. The first-order valence-electron chi connectivity index (χ1n) is 6.12. The highest BCUT2D eigenvalue weighted by Crippen LogP contribution is 2.23. The number of hydrogen-bond donors (Lipinski definition) is 2. The van der Waals surface area contributed by atoms with Crippen LogP contribution in [0.5, 0.6) is 0 Å². The van der Waals surface area contributed by atoms with Crippen molar-refractivity contribution < 1.29 is 9.21 Å². The summed E-state index contributed by atoms with van der Waals surface area (Å²) in [5.74, 6) is 3.05. The van der Waals surface area contributed by atoms with Gasteiger partial charge in [0.2, 0.25) is 5.91 Å². The number of nitrogens with one attached hydrogen (secondary N) is 2. The molecule has 1 aromatic carbocycles. The minimum absolute atomic E-state index is 0.108. The van der Waals surface area contributed by atoms with Gasteiger partial charge in [0.05, 0.1) is 19.1 Å². The number of carbonyl (C=O) groups excluding carboxylic acids is 1. The molecule has 1 amide bonds. The molecule has 0 aliphatic heterocycles. The van der Waals surface area contributed by atoms with Gasteiger partial charge in [0, 0.05) is 5.39 Å². The molecule has 0 aliphatic rings. The van der Waals surface area contributed by atoms with Crippen LogP contribution in [0, 0.1) is 12.3 Å². The molecule has 0 saturated heterocycles. The summed E-state index contributed by atoms with van der Waals surface area (Å²) < 4.78 is 5.69. The average molecular weight is 256 g/mol. The van der Waals surface area contributed by atoms with E-state index in [1.54, 1.807) is 0 Å². The normalized spacial score (nSPS) is 12.0. The van der Waals surface area contributed by atoms with Gasteiger partial charge in [0.25, 0.3) is 0 Å². The van der Waals surface area contributed by atoms with Crippen molar-refractivity contribution in [3.05, 3.63) is 36.1 Å². The molecule has 0 aliphatic carbocycles. The summed E-state index contributed by atoms with van der Waals surface area (Å²) in [6.45, 7) is 2.47. The number of fused-ring (bicyclic) bond motifs is 1. The highest BCUT2D eigenvalue weighted by atomic mass is 16.3. The lowest BCUT2D eigenvalue weighted by molar-refractivity contribution is -0.120. The molecule has 1 atom stereocenters. The Morgan fingerprint density at radius 2 is 2.26 bits per heavy atom. The lowest BCUT2D eigenvalue weighted by Crippen LogP contribution is -2.35. The molecule has 2 aromatic rings. The number of hydrogen-bond acceptors (Lipinski definition) is 3. The average Bonchev–Trinajstić information content (AvgIpc) is 2.83. The van der Waals surface area contributed by atoms with Gasteiger partial charge in [-0.2, -0.15) is 0 Å². The third-order valence-electron chi connectivity index (χ3n) is 2.76. The number of terminal acetylenes is 1. The van der Waals surface area contributed by atoms with E-state index in [9.17, 15) is 4.79 Å². The molecule has 2 N–H and O–H groups in total. The minimum Gasteiger partial charge on any atom is -0.459 e. The molecule has 2 rings (SSSR count). The van der Waals surface area contributed by atoms with Crippen LogP contribution in [0.25, 0.3) is 11.0 Å². The number of rotatable bonds is 5. The molecule has 1 unspecified atom stereocenters. The second-order valence-corrected chi connectivity index (χ2v) is 4.28. The molecule has 0 fully saturated rings. The Morgan fingerprint density at radius 3 is 3.00 bits per heavy atom. The summed E-state index contributed by atoms with van der Waals surface area (Å²) in [7, 11) is 0. The number of carbonyl (C=O) groups is 1. The molecule has 4 heteroatoms. The Morgan fingerprint density at radius 1 is 1.47 bits per heavy atom. The zero-order valence-corrected chi connectivity index (χ0v) is 10.8. The van der Waals surface area contributed by atoms with Crippen LogP contribution < -0.4 is 10.6 Å². The number of benzene rings is 1. The molecule has 0 saturated carbocycles. The molecule has 1 aromatic heterocycles. The van der Waals surface area contributed by atoms with Crippen molar-refractivity contribution in [1.82, 2.24) is 10.6 Å². The first-order chi connectivity index (χ1) is 9.20. The van der Waals surface area contributed by atoms with Crippen molar-refractivity contribution in [2.45, 2.75) is 13.0 Å². The molecule has 98 valence electrons. The van der Waals surface area contributed by atoms with Crippen LogP contribution in [0.1, 0.15) is 18.7 Å². The van der Waals surface area contributed by atoms with Gasteiger partial charge in [-0.05, 0) is 19.1 Å². The molecule has 19 heavy (non-hydrogen) atoms. The molecule has 1 heterocycles. The number of para-hydroxylation sites is 1. The standard InChI is InChI=1S/C15H16N2O2/c1-3-8-16-10-15(18)17-11(2)14-9-12-6-4-5-7-13(12)19-14/h1,4-7,9,11,16H,8,10H2,2H3,(H,17,18). The van der Waals surface area contributed by atoms with Gasteiger partial charge in [-0.3, -0.25) is 10.1 Å². The summed E-state index contributed by atoms with van der Waals surface area (Å²) in [6, 6.07) is 9.52. The van der Waals surface area contributed by atoms with Crippen molar-refractivity contribution in [2.24, 2.45) is 0 Å². The molecular formula is C15H16N2O2. The lowest BCUT2D eigenvalue weighted by atomic mass is 10.2. The van der Waals surface area contributed by atoms with Gasteiger partial charge >= 0.3 is 0 Å². The van der Waals surface area contributed by atoms with Gasteiger partial charge in [0.15, 0.2) is 0 Å². The smallest absolute Gasteiger partial charge is 0.234 e.